The van der Waals surface area contributed by atoms with Crippen LogP contribution in [0.5, 0.6) is 0 Å². The number of amides is 1. The van der Waals surface area contributed by atoms with Crippen molar-refractivity contribution in [1.82, 2.24) is 9.88 Å². The summed E-state index contributed by atoms with van der Waals surface area (Å²) in [5.41, 5.74) is 4.67. The van der Waals surface area contributed by atoms with Crippen LogP contribution in [0.25, 0.3) is 0 Å². The van der Waals surface area contributed by atoms with Crippen LogP contribution in [0.1, 0.15) is 58.5 Å². The quantitative estimate of drug-likeness (QED) is 0.943. The third-order valence-electron chi connectivity index (χ3n) is 5.02. The lowest BCUT2D eigenvalue weighted by Crippen LogP contribution is -2.34. The molecule has 0 spiro atoms. The summed E-state index contributed by atoms with van der Waals surface area (Å²) in [6.07, 6.45) is 4.75. The first-order valence-corrected chi connectivity index (χ1v) is 8.56. The number of aromatic nitrogens is 1. The Morgan fingerprint density at radius 1 is 1.12 bits per heavy atom. The molecule has 0 aliphatic heterocycles. The molecule has 1 N–H and O–H groups in total. The molecule has 0 radical (unpaired) electrons. The van der Waals surface area contributed by atoms with E-state index < -0.39 is 0 Å². The third kappa shape index (κ3) is 3.14. The molecule has 1 amide bonds. The van der Waals surface area contributed by atoms with Gasteiger partial charge in [0.25, 0.3) is 11.5 Å². The van der Waals surface area contributed by atoms with E-state index >= 15 is 0 Å². The lowest BCUT2D eigenvalue weighted by molar-refractivity contribution is 0.0938. The van der Waals surface area contributed by atoms with Gasteiger partial charge in [-0.25, -0.2) is 0 Å². The fourth-order valence-electron chi connectivity index (χ4n) is 3.28. The Hall–Kier alpha value is -2.36. The lowest BCUT2D eigenvalue weighted by atomic mass is 9.89. The highest BCUT2D eigenvalue weighted by molar-refractivity contribution is 5.94. The summed E-state index contributed by atoms with van der Waals surface area (Å²) in [7, 11) is 1.68. The number of aryl methyl sites for hydroxylation is 3. The molecule has 0 unspecified atom stereocenters. The fourth-order valence-corrected chi connectivity index (χ4v) is 3.28. The van der Waals surface area contributed by atoms with Gasteiger partial charge in [-0.1, -0.05) is 18.2 Å². The monoisotopic (exact) mass is 324 g/mol. The normalized spacial score (nSPS) is 14.8. The van der Waals surface area contributed by atoms with Crippen LogP contribution in [0.2, 0.25) is 0 Å². The van der Waals surface area contributed by atoms with Crippen molar-refractivity contribution in [3.05, 3.63) is 68.6 Å². The zero-order valence-corrected chi connectivity index (χ0v) is 14.6. The number of carbonyl (C=O) groups is 1. The Labute approximate surface area is 142 Å². The predicted octanol–water partition coefficient (Wildman–Crippen LogP) is 3.06. The molecule has 4 nitrogen and oxygen atoms in total. The first-order valence-electron chi connectivity index (χ1n) is 8.56. The van der Waals surface area contributed by atoms with E-state index in [1.165, 1.54) is 28.5 Å². The molecule has 24 heavy (non-hydrogen) atoms. The van der Waals surface area contributed by atoms with E-state index in [9.17, 15) is 9.59 Å². The molecule has 0 bridgehead atoms. The van der Waals surface area contributed by atoms with E-state index in [1.807, 2.05) is 13.8 Å². The summed E-state index contributed by atoms with van der Waals surface area (Å²) >= 11 is 0. The number of benzene rings is 1. The molecule has 0 saturated heterocycles. The minimum atomic E-state index is -0.319. The van der Waals surface area contributed by atoms with Crippen molar-refractivity contribution in [3.63, 3.8) is 0 Å². The molecule has 0 fully saturated rings. The maximum Gasteiger partial charge on any atom is 0.263 e. The van der Waals surface area contributed by atoms with Gasteiger partial charge >= 0.3 is 0 Å². The predicted molar refractivity (Wildman–Crippen MR) is 95.4 cm³/mol. The highest BCUT2D eigenvalue weighted by Crippen LogP contribution is 2.24. The standard InChI is InChI=1S/C20H24N2O2/c1-13-8-11-18(20(24)22(13)3)19(23)21-14(2)16-10-9-15-6-4-5-7-17(15)12-16/h8-12,14H,4-7H2,1-3H3,(H,21,23)/t14-/m1/s1. The Kier molecular flexibility index (Phi) is 4.56. The van der Waals surface area contributed by atoms with Gasteiger partial charge in [0.1, 0.15) is 5.56 Å². The second-order valence-corrected chi connectivity index (χ2v) is 6.68. The summed E-state index contributed by atoms with van der Waals surface area (Å²) < 4.78 is 1.50. The van der Waals surface area contributed by atoms with Gasteiger partial charge in [0.2, 0.25) is 0 Å². The summed E-state index contributed by atoms with van der Waals surface area (Å²) in [5.74, 6) is -0.319. The van der Waals surface area contributed by atoms with E-state index in [-0.39, 0.29) is 23.1 Å². The smallest absolute Gasteiger partial charge is 0.263 e. The van der Waals surface area contributed by atoms with E-state index in [0.717, 1.165) is 24.1 Å². The maximum atomic E-state index is 12.5. The summed E-state index contributed by atoms with van der Waals surface area (Å²) in [6, 6.07) is 9.73. The second-order valence-electron chi connectivity index (χ2n) is 6.68. The summed E-state index contributed by atoms with van der Waals surface area (Å²) in [6.45, 7) is 3.81. The molecule has 1 atom stereocenters. The van der Waals surface area contributed by atoms with Crippen LogP contribution in [-0.2, 0) is 19.9 Å². The van der Waals surface area contributed by atoms with Crippen molar-refractivity contribution in [2.75, 3.05) is 0 Å². The van der Waals surface area contributed by atoms with Crippen LogP contribution in [0.15, 0.2) is 35.1 Å². The van der Waals surface area contributed by atoms with E-state index in [0.29, 0.717) is 0 Å². The van der Waals surface area contributed by atoms with Gasteiger partial charge in [-0.3, -0.25) is 9.59 Å². The van der Waals surface area contributed by atoms with E-state index in [2.05, 4.69) is 23.5 Å². The Bertz CT molecular complexity index is 836. The third-order valence-corrected chi connectivity index (χ3v) is 5.02. The Balaban J connectivity index is 1.80. The second kappa shape index (κ2) is 6.63. The van der Waals surface area contributed by atoms with Gasteiger partial charge in [-0.2, -0.15) is 0 Å². The van der Waals surface area contributed by atoms with E-state index in [1.54, 1.807) is 19.2 Å². The number of pyridine rings is 1. The molecule has 1 aromatic heterocycles. The minimum Gasteiger partial charge on any atom is -0.345 e. The molecule has 1 aliphatic rings. The average Bonchev–Trinajstić information content (AvgIpc) is 2.59. The van der Waals surface area contributed by atoms with Crippen molar-refractivity contribution in [2.45, 2.75) is 45.6 Å². The Morgan fingerprint density at radius 2 is 1.83 bits per heavy atom. The summed E-state index contributed by atoms with van der Waals surface area (Å²) in [5, 5.41) is 2.95. The highest BCUT2D eigenvalue weighted by Gasteiger charge is 2.17. The van der Waals surface area contributed by atoms with Crippen LogP contribution >= 0.6 is 0 Å². The number of rotatable bonds is 3. The van der Waals surface area contributed by atoms with Gasteiger partial charge < -0.3 is 9.88 Å². The zero-order valence-electron chi connectivity index (χ0n) is 14.6. The van der Waals surface area contributed by atoms with Gasteiger partial charge in [-0.15, -0.1) is 0 Å². The number of hydrogen-bond acceptors (Lipinski definition) is 2. The topological polar surface area (TPSA) is 51.1 Å². The van der Waals surface area contributed by atoms with Crippen molar-refractivity contribution in [1.29, 1.82) is 0 Å². The number of nitrogens with one attached hydrogen (secondary N) is 1. The molecule has 3 rings (SSSR count). The lowest BCUT2D eigenvalue weighted by Gasteiger charge is -2.20. The Morgan fingerprint density at radius 3 is 2.58 bits per heavy atom. The maximum absolute atomic E-state index is 12.5. The van der Waals surface area contributed by atoms with Crippen molar-refractivity contribution in [3.8, 4) is 0 Å². The highest BCUT2D eigenvalue weighted by atomic mass is 16.2. The SMILES string of the molecule is Cc1ccc(C(=O)N[C@H](C)c2ccc3c(c2)CCCC3)c(=O)n1C. The van der Waals surface area contributed by atoms with Crippen LogP contribution in [0.4, 0.5) is 0 Å². The summed E-state index contributed by atoms with van der Waals surface area (Å²) in [4.78, 5) is 24.7. The molecule has 4 heteroatoms. The van der Waals surface area contributed by atoms with Crippen LogP contribution in [0.3, 0.4) is 0 Å². The van der Waals surface area contributed by atoms with Gasteiger partial charge in [0, 0.05) is 12.7 Å². The first kappa shape index (κ1) is 16.5. The molecule has 0 saturated carbocycles. The molecule has 1 heterocycles. The van der Waals surface area contributed by atoms with Crippen LogP contribution < -0.4 is 10.9 Å². The zero-order chi connectivity index (χ0) is 17.3. The number of nitrogens with zero attached hydrogens (tertiary/aromatic N) is 1. The van der Waals surface area contributed by atoms with Crippen molar-refractivity contribution >= 4 is 5.91 Å². The van der Waals surface area contributed by atoms with E-state index in [4.69, 9.17) is 0 Å². The van der Waals surface area contributed by atoms with Crippen LogP contribution in [-0.4, -0.2) is 10.5 Å². The fraction of sp³-hybridized carbons (Fsp3) is 0.400. The number of fused-ring (bicyclic) bond motifs is 1. The number of hydrogen-bond donors (Lipinski definition) is 1. The molecule has 126 valence electrons. The molecular formula is C20H24N2O2. The van der Waals surface area contributed by atoms with Crippen molar-refractivity contribution < 1.29 is 4.79 Å². The molecule has 1 aromatic carbocycles. The van der Waals surface area contributed by atoms with Gasteiger partial charge in [-0.05, 0) is 68.4 Å². The van der Waals surface area contributed by atoms with Gasteiger partial charge in [0.05, 0.1) is 6.04 Å². The molecule has 1 aliphatic carbocycles. The average molecular weight is 324 g/mol. The van der Waals surface area contributed by atoms with Crippen LogP contribution in [0, 0.1) is 6.92 Å². The van der Waals surface area contributed by atoms with Gasteiger partial charge in [0.15, 0.2) is 0 Å². The molecular weight excluding hydrogens is 300 g/mol. The largest absolute Gasteiger partial charge is 0.345 e. The molecule has 2 aromatic rings. The van der Waals surface area contributed by atoms with Crippen molar-refractivity contribution in [2.24, 2.45) is 7.05 Å². The minimum absolute atomic E-state index is 0.129. The first-order chi connectivity index (χ1) is 11.5. The number of carbonyl (C=O) groups excluding carboxylic acids is 1.